The van der Waals surface area contributed by atoms with E-state index in [4.69, 9.17) is 0 Å². The third-order valence-electron chi connectivity index (χ3n) is 14.8. The summed E-state index contributed by atoms with van der Waals surface area (Å²) < 4.78 is 0. The van der Waals surface area contributed by atoms with Crippen molar-refractivity contribution in [1.82, 2.24) is 0 Å². The molecule has 0 heteroatoms. The van der Waals surface area contributed by atoms with E-state index < -0.39 is 0 Å². The average Bonchev–Trinajstić information content (AvgIpc) is 3.43. The molecule has 0 aliphatic rings. The Kier molecular flexibility index (Phi) is 9.32. The minimum absolute atomic E-state index is 1.20. The predicted octanol–water partition coefficient (Wildman–Crippen LogP) is 19.8. The molecule has 14 rings (SSSR count). The lowest BCUT2D eigenvalue weighted by atomic mass is 9.85. The molecule has 0 radical (unpaired) electrons. The highest BCUT2D eigenvalue weighted by Gasteiger charge is 2.19. The zero-order valence-electron chi connectivity index (χ0n) is 38.4. The van der Waals surface area contributed by atoms with Crippen molar-refractivity contribution in [3.05, 3.63) is 267 Å². The summed E-state index contributed by atoms with van der Waals surface area (Å²) in [7, 11) is 0. The van der Waals surface area contributed by atoms with Gasteiger partial charge >= 0.3 is 0 Å². The summed E-state index contributed by atoms with van der Waals surface area (Å²) in [5.74, 6) is 0. The first kappa shape index (κ1) is 40.0. The molecule has 0 aromatic heterocycles. The van der Waals surface area contributed by atoms with E-state index in [2.05, 4.69) is 267 Å². The minimum atomic E-state index is 1.20. The third-order valence-corrected chi connectivity index (χ3v) is 14.8. The van der Waals surface area contributed by atoms with Crippen LogP contribution in [0.1, 0.15) is 0 Å². The Morgan fingerprint density at radius 2 is 0.443 bits per heavy atom. The second kappa shape index (κ2) is 16.3. The molecule has 0 aliphatic heterocycles. The van der Waals surface area contributed by atoms with Gasteiger partial charge in [-0.05, 0) is 160 Å². The number of rotatable bonds is 6. The standard InChI is InChI=1S/C70H44/c1-3-16-52-42-55(40-30-45(52)14-1)69-62-23-9-5-19-58(62)67(59-20-6-10-24-63(59)69)50-35-28-47(29-36-50)54-39-34-48-18-13-27-57(66(48)44-54)49-32-37-51(38-33-49)68-60-21-7-11-25-64(60)70(65-26-12-8-22-61(65)68)56-41-31-46-15-2-4-17-53(46)43-56/h1-44H. The fourth-order valence-electron chi connectivity index (χ4n) is 11.5. The molecule has 0 unspecified atom stereocenters. The lowest BCUT2D eigenvalue weighted by molar-refractivity contribution is 1.61. The van der Waals surface area contributed by atoms with Gasteiger partial charge in [-0.15, -0.1) is 0 Å². The van der Waals surface area contributed by atoms with Crippen molar-refractivity contribution in [2.75, 3.05) is 0 Å². The molecular weight excluding hydrogens is 841 g/mol. The van der Waals surface area contributed by atoms with E-state index in [9.17, 15) is 0 Å². The van der Waals surface area contributed by atoms with Crippen molar-refractivity contribution >= 4 is 75.4 Å². The molecule has 324 valence electrons. The monoisotopic (exact) mass is 884 g/mol. The summed E-state index contributed by atoms with van der Waals surface area (Å²) in [6, 6.07) is 98.9. The van der Waals surface area contributed by atoms with Crippen LogP contribution in [-0.4, -0.2) is 0 Å². The molecule has 70 heavy (non-hydrogen) atoms. The van der Waals surface area contributed by atoms with E-state index in [1.54, 1.807) is 0 Å². The zero-order valence-corrected chi connectivity index (χ0v) is 38.4. The van der Waals surface area contributed by atoms with Gasteiger partial charge in [0, 0.05) is 0 Å². The van der Waals surface area contributed by atoms with Gasteiger partial charge in [0.15, 0.2) is 0 Å². The summed E-state index contributed by atoms with van der Waals surface area (Å²) in [4.78, 5) is 0. The van der Waals surface area contributed by atoms with Crippen LogP contribution in [0.4, 0.5) is 0 Å². The van der Waals surface area contributed by atoms with Crippen LogP contribution in [0.5, 0.6) is 0 Å². The van der Waals surface area contributed by atoms with Crippen LogP contribution < -0.4 is 0 Å². The van der Waals surface area contributed by atoms with E-state index >= 15 is 0 Å². The van der Waals surface area contributed by atoms with E-state index in [1.165, 1.54) is 142 Å². The molecule has 0 N–H and O–H groups in total. The van der Waals surface area contributed by atoms with Crippen LogP contribution in [0.3, 0.4) is 0 Å². The van der Waals surface area contributed by atoms with Crippen LogP contribution >= 0.6 is 0 Å². The summed E-state index contributed by atoms with van der Waals surface area (Å²) in [5.41, 5.74) is 14.9. The van der Waals surface area contributed by atoms with Crippen molar-refractivity contribution in [3.8, 4) is 66.8 Å². The van der Waals surface area contributed by atoms with E-state index in [0.717, 1.165) is 0 Å². The van der Waals surface area contributed by atoms with E-state index in [1.807, 2.05) is 0 Å². The first-order valence-corrected chi connectivity index (χ1v) is 24.3. The van der Waals surface area contributed by atoms with E-state index in [0.29, 0.717) is 0 Å². The molecule has 0 saturated carbocycles. The van der Waals surface area contributed by atoms with Gasteiger partial charge < -0.3 is 0 Å². The number of hydrogen-bond acceptors (Lipinski definition) is 0. The van der Waals surface area contributed by atoms with Crippen molar-refractivity contribution in [2.45, 2.75) is 0 Å². The first-order chi connectivity index (χ1) is 34.7. The lowest BCUT2D eigenvalue weighted by Crippen LogP contribution is -1.91. The normalized spacial score (nSPS) is 11.7. The summed E-state index contributed by atoms with van der Waals surface area (Å²) in [6.45, 7) is 0. The Hall–Kier alpha value is -9.10. The molecule has 0 nitrogen and oxygen atoms in total. The average molecular weight is 885 g/mol. The molecule has 0 atom stereocenters. The molecule has 14 aromatic carbocycles. The first-order valence-electron chi connectivity index (χ1n) is 24.3. The molecule has 0 aliphatic carbocycles. The lowest BCUT2D eigenvalue weighted by Gasteiger charge is -2.18. The largest absolute Gasteiger partial charge is 0.0616 e. The fraction of sp³-hybridized carbons (Fsp3) is 0. The third kappa shape index (κ3) is 6.53. The van der Waals surface area contributed by atoms with Gasteiger partial charge in [0.2, 0.25) is 0 Å². The van der Waals surface area contributed by atoms with Gasteiger partial charge in [0.25, 0.3) is 0 Å². The quantitative estimate of drug-likeness (QED) is 0.146. The van der Waals surface area contributed by atoms with Gasteiger partial charge in [0.1, 0.15) is 0 Å². The van der Waals surface area contributed by atoms with Gasteiger partial charge in [-0.1, -0.05) is 249 Å². The Labute approximate surface area is 407 Å². The highest BCUT2D eigenvalue weighted by Crippen LogP contribution is 2.47. The maximum absolute atomic E-state index is 2.38. The van der Waals surface area contributed by atoms with Gasteiger partial charge in [-0.2, -0.15) is 0 Å². The minimum Gasteiger partial charge on any atom is -0.0616 e. The maximum atomic E-state index is 2.38. The van der Waals surface area contributed by atoms with Crippen molar-refractivity contribution in [3.63, 3.8) is 0 Å². The van der Waals surface area contributed by atoms with Crippen LogP contribution in [0.2, 0.25) is 0 Å². The van der Waals surface area contributed by atoms with Gasteiger partial charge in [-0.3, -0.25) is 0 Å². The zero-order chi connectivity index (χ0) is 46.1. The highest BCUT2D eigenvalue weighted by atomic mass is 14.2. The SMILES string of the molecule is c1ccc2cc(-c3c4ccccc4c(-c4ccc(-c5ccc6cccc(-c7ccc(-c8c9ccccc9c(-c9ccc%10ccccc%10c9)c9ccccc89)cc7)c6c5)cc4)c4ccccc34)ccc2c1. The van der Waals surface area contributed by atoms with Gasteiger partial charge in [0.05, 0.1) is 0 Å². The van der Waals surface area contributed by atoms with Crippen molar-refractivity contribution in [1.29, 1.82) is 0 Å². The topological polar surface area (TPSA) is 0 Å². The number of fused-ring (bicyclic) bond motifs is 7. The summed E-state index contributed by atoms with van der Waals surface area (Å²) in [5, 5.41) is 17.6. The van der Waals surface area contributed by atoms with Crippen molar-refractivity contribution < 1.29 is 0 Å². The van der Waals surface area contributed by atoms with Crippen LogP contribution in [-0.2, 0) is 0 Å². The Bertz CT molecular complexity index is 4270. The van der Waals surface area contributed by atoms with Crippen LogP contribution in [0.25, 0.3) is 142 Å². The Morgan fingerprint density at radius 3 is 0.871 bits per heavy atom. The highest BCUT2D eigenvalue weighted by molar-refractivity contribution is 6.23. The predicted molar refractivity (Wildman–Crippen MR) is 302 cm³/mol. The molecule has 0 saturated heterocycles. The Morgan fingerprint density at radius 1 is 0.143 bits per heavy atom. The van der Waals surface area contributed by atoms with Gasteiger partial charge in [-0.25, -0.2) is 0 Å². The molecule has 0 bridgehead atoms. The second-order valence-electron chi connectivity index (χ2n) is 18.7. The molecule has 14 aromatic rings. The smallest absolute Gasteiger partial charge is 0.00262 e. The summed E-state index contributed by atoms with van der Waals surface area (Å²) >= 11 is 0. The maximum Gasteiger partial charge on any atom is -0.00262 e. The van der Waals surface area contributed by atoms with Crippen LogP contribution in [0.15, 0.2) is 267 Å². The molecule has 0 amide bonds. The molecule has 0 heterocycles. The number of hydrogen-bond donors (Lipinski definition) is 0. The molecule has 0 spiro atoms. The number of benzene rings is 14. The molecular formula is C70H44. The van der Waals surface area contributed by atoms with Crippen LogP contribution in [0, 0.1) is 0 Å². The van der Waals surface area contributed by atoms with Crippen molar-refractivity contribution in [2.24, 2.45) is 0 Å². The molecule has 0 fully saturated rings. The van der Waals surface area contributed by atoms with E-state index in [-0.39, 0.29) is 0 Å². The fourth-order valence-corrected chi connectivity index (χ4v) is 11.5. The second-order valence-corrected chi connectivity index (χ2v) is 18.7. The summed E-state index contributed by atoms with van der Waals surface area (Å²) in [6.07, 6.45) is 0. The Balaban J connectivity index is 0.836.